The van der Waals surface area contributed by atoms with Gasteiger partial charge >= 0.3 is 5.76 Å². The number of anilines is 1. The van der Waals surface area contributed by atoms with Crippen molar-refractivity contribution in [1.29, 1.82) is 0 Å². The molecule has 0 radical (unpaired) electrons. The molecule has 0 spiro atoms. The van der Waals surface area contributed by atoms with Crippen LogP contribution in [0.5, 0.6) is 0 Å². The molecular weight excluding hydrogens is 446 g/mol. The first-order chi connectivity index (χ1) is 16.6. The van der Waals surface area contributed by atoms with Crippen molar-refractivity contribution in [2.24, 2.45) is 0 Å². The van der Waals surface area contributed by atoms with Gasteiger partial charge in [0, 0.05) is 55.3 Å². The molecule has 3 heterocycles. The molecule has 1 atom stereocenters. The molecule has 1 aliphatic heterocycles. The zero-order chi connectivity index (χ0) is 23.5. The summed E-state index contributed by atoms with van der Waals surface area (Å²) in [4.78, 5) is 21.5. The lowest BCUT2D eigenvalue weighted by Gasteiger charge is -2.33. The van der Waals surface area contributed by atoms with Gasteiger partial charge in [0.05, 0.1) is 5.52 Å². The van der Waals surface area contributed by atoms with Crippen LogP contribution < -0.4 is 16.4 Å². The number of para-hydroxylation sites is 1. The molecule has 5 rings (SSSR count). The Balaban J connectivity index is 1.32. The SMILES string of the molecule is CNC(=S)Nc1cccc(-c2cncc(CN3CCCC(c4cccc5[nH]c(=O)oc45)C3)c2)c1. The third-order valence-corrected chi connectivity index (χ3v) is 6.61. The Kier molecular flexibility index (Phi) is 6.42. The Bertz CT molecular complexity index is 1380. The number of nitrogens with zero attached hydrogens (tertiary/aromatic N) is 2. The molecule has 0 saturated carbocycles. The van der Waals surface area contributed by atoms with E-state index in [1.54, 1.807) is 7.05 Å². The summed E-state index contributed by atoms with van der Waals surface area (Å²) in [5.41, 5.74) is 6.84. The number of thiocarbonyl (C=S) groups is 1. The molecule has 1 aliphatic rings. The molecule has 3 N–H and O–H groups in total. The lowest BCUT2D eigenvalue weighted by Crippen LogP contribution is -2.34. The van der Waals surface area contributed by atoms with Crippen molar-refractivity contribution in [2.45, 2.75) is 25.3 Å². The molecule has 7 nitrogen and oxygen atoms in total. The Morgan fingerprint density at radius 1 is 1.21 bits per heavy atom. The van der Waals surface area contributed by atoms with E-state index in [0.717, 1.165) is 60.4 Å². The van der Waals surface area contributed by atoms with Crippen LogP contribution in [0.3, 0.4) is 0 Å². The number of likely N-dealkylation sites (tertiary alicyclic amines) is 1. The van der Waals surface area contributed by atoms with Crippen LogP contribution >= 0.6 is 12.2 Å². The van der Waals surface area contributed by atoms with Gasteiger partial charge in [-0.25, -0.2) is 4.79 Å². The second-order valence-corrected chi connectivity index (χ2v) is 9.09. The quantitative estimate of drug-likeness (QED) is 0.369. The molecular formula is C26H27N5O2S. The predicted octanol–water partition coefficient (Wildman–Crippen LogP) is 4.48. The monoisotopic (exact) mass is 473 g/mol. The third-order valence-electron chi connectivity index (χ3n) is 6.30. The topological polar surface area (TPSA) is 86.2 Å². The van der Waals surface area contributed by atoms with Crippen molar-refractivity contribution in [3.05, 3.63) is 82.6 Å². The fourth-order valence-electron chi connectivity index (χ4n) is 4.73. The zero-order valence-corrected chi connectivity index (χ0v) is 19.8. The molecule has 0 amide bonds. The summed E-state index contributed by atoms with van der Waals surface area (Å²) in [6, 6.07) is 16.3. The van der Waals surface area contributed by atoms with E-state index in [-0.39, 0.29) is 0 Å². The van der Waals surface area contributed by atoms with Crippen LogP contribution in [0.1, 0.15) is 29.9 Å². The molecule has 0 aliphatic carbocycles. The van der Waals surface area contributed by atoms with Gasteiger partial charge in [-0.15, -0.1) is 0 Å². The van der Waals surface area contributed by atoms with Crippen molar-refractivity contribution in [2.75, 3.05) is 25.5 Å². The second-order valence-electron chi connectivity index (χ2n) is 8.68. The number of aromatic nitrogens is 2. The van der Waals surface area contributed by atoms with Crippen molar-refractivity contribution in [1.82, 2.24) is 20.2 Å². The van der Waals surface area contributed by atoms with Crippen molar-refractivity contribution < 1.29 is 4.42 Å². The number of hydrogen-bond donors (Lipinski definition) is 3. The Morgan fingerprint density at radius 3 is 2.97 bits per heavy atom. The number of rotatable bonds is 5. The highest BCUT2D eigenvalue weighted by Crippen LogP contribution is 2.32. The molecule has 2 aromatic heterocycles. The summed E-state index contributed by atoms with van der Waals surface area (Å²) in [5.74, 6) is -0.0728. The van der Waals surface area contributed by atoms with Crippen molar-refractivity contribution in [3.8, 4) is 11.1 Å². The van der Waals surface area contributed by atoms with Crippen LogP contribution in [-0.4, -0.2) is 40.1 Å². The minimum atomic E-state index is -0.398. The number of oxazole rings is 1. The number of H-pyrrole nitrogens is 1. The van der Waals surface area contributed by atoms with E-state index in [1.165, 1.54) is 5.56 Å². The van der Waals surface area contributed by atoms with Gasteiger partial charge in [-0.1, -0.05) is 24.3 Å². The lowest BCUT2D eigenvalue weighted by molar-refractivity contribution is 0.200. The van der Waals surface area contributed by atoms with E-state index in [4.69, 9.17) is 16.6 Å². The number of benzene rings is 2. The number of pyridine rings is 1. The zero-order valence-electron chi connectivity index (χ0n) is 19.0. The van der Waals surface area contributed by atoms with Crippen LogP contribution in [0.4, 0.5) is 5.69 Å². The van der Waals surface area contributed by atoms with Gasteiger partial charge < -0.3 is 15.1 Å². The van der Waals surface area contributed by atoms with Gasteiger partial charge in [0.15, 0.2) is 10.7 Å². The average Bonchev–Trinajstić information content (AvgIpc) is 3.25. The second kappa shape index (κ2) is 9.79. The number of nitrogens with one attached hydrogen (secondary N) is 3. The fraction of sp³-hybridized carbons (Fsp3) is 0.269. The van der Waals surface area contributed by atoms with Gasteiger partial charge in [-0.05, 0) is 67.0 Å². The molecule has 1 fully saturated rings. The maximum Gasteiger partial charge on any atom is 0.417 e. The summed E-state index contributed by atoms with van der Waals surface area (Å²) in [6.07, 6.45) is 6.02. The first-order valence-electron chi connectivity index (χ1n) is 11.5. The number of hydrogen-bond acceptors (Lipinski definition) is 5. The fourth-order valence-corrected chi connectivity index (χ4v) is 4.85. The molecule has 34 heavy (non-hydrogen) atoms. The van der Waals surface area contributed by atoms with Crippen LogP contribution in [0.15, 0.2) is 70.1 Å². The van der Waals surface area contributed by atoms with E-state index in [0.29, 0.717) is 16.6 Å². The molecule has 174 valence electrons. The first kappa shape index (κ1) is 22.3. The predicted molar refractivity (Wildman–Crippen MR) is 139 cm³/mol. The van der Waals surface area contributed by atoms with Gasteiger partial charge in [0.25, 0.3) is 0 Å². The number of fused-ring (bicyclic) bond motifs is 1. The van der Waals surface area contributed by atoms with E-state index in [9.17, 15) is 4.79 Å². The highest BCUT2D eigenvalue weighted by molar-refractivity contribution is 7.80. The normalized spacial score (nSPS) is 16.4. The van der Waals surface area contributed by atoms with Crippen LogP contribution in [0, 0.1) is 0 Å². The van der Waals surface area contributed by atoms with Crippen molar-refractivity contribution in [3.63, 3.8) is 0 Å². The minimum Gasteiger partial charge on any atom is -0.408 e. The number of aromatic amines is 1. The summed E-state index contributed by atoms with van der Waals surface area (Å²) < 4.78 is 5.45. The third kappa shape index (κ3) is 4.88. The highest BCUT2D eigenvalue weighted by atomic mass is 32.1. The average molecular weight is 474 g/mol. The maximum absolute atomic E-state index is 11.7. The van der Waals surface area contributed by atoms with Gasteiger partial charge in [-0.2, -0.15) is 0 Å². The Hall–Kier alpha value is -3.49. The summed E-state index contributed by atoms with van der Waals surface area (Å²) in [7, 11) is 1.80. The van der Waals surface area contributed by atoms with E-state index >= 15 is 0 Å². The van der Waals surface area contributed by atoms with Crippen molar-refractivity contribution >= 4 is 34.1 Å². The summed E-state index contributed by atoms with van der Waals surface area (Å²) in [5, 5.41) is 6.69. The standard InChI is InChI=1S/C26H27N5O2S/c1-27-25(34)29-21-7-2-5-18(12-21)20-11-17(13-28-14-20)15-31-10-4-6-19(16-31)22-8-3-9-23-24(22)33-26(32)30-23/h2-3,5,7-9,11-14,19H,4,6,10,15-16H2,1H3,(H,30,32)(H2,27,29,34). The number of piperidine rings is 1. The molecule has 1 saturated heterocycles. The van der Waals surface area contributed by atoms with E-state index in [1.807, 2.05) is 36.7 Å². The van der Waals surface area contributed by atoms with Crippen LogP contribution in [0.25, 0.3) is 22.2 Å². The smallest absolute Gasteiger partial charge is 0.408 e. The molecule has 4 aromatic rings. The minimum absolute atomic E-state index is 0.325. The van der Waals surface area contributed by atoms with Crippen LogP contribution in [0.2, 0.25) is 0 Å². The largest absolute Gasteiger partial charge is 0.417 e. The Labute approximate surface area is 203 Å². The maximum atomic E-state index is 11.7. The van der Waals surface area contributed by atoms with Gasteiger partial charge in [-0.3, -0.25) is 14.9 Å². The van der Waals surface area contributed by atoms with E-state index in [2.05, 4.69) is 49.8 Å². The Morgan fingerprint density at radius 2 is 2.09 bits per heavy atom. The van der Waals surface area contributed by atoms with E-state index < -0.39 is 5.76 Å². The molecule has 1 unspecified atom stereocenters. The molecule has 8 heteroatoms. The van der Waals surface area contributed by atoms with Gasteiger partial charge in [0.2, 0.25) is 0 Å². The van der Waals surface area contributed by atoms with Crippen LogP contribution in [-0.2, 0) is 6.54 Å². The molecule has 0 bridgehead atoms. The highest BCUT2D eigenvalue weighted by Gasteiger charge is 2.24. The lowest BCUT2D eigenvalue weighted by atomic mass is 9.90. The summed E-state index contributed by atoms with van der Waals surface area (Å²) in [6.45, 7) is 2.78. The molecule has 2 aromatic carbocycles. The first-order valence-corrected chi connectivity index (χ1v) is 11.9. The van der Waals surface area contributed by atoms with Gasteiger partial charge in [0.1, 0.15) is 0 Å². The summed E-state index contributed by atoms with van der Waals surface area (Å²) >= 11 is 5.22.